The highest BCUT2D eigenvalue weighted by molar-refractivity contribution is 5.83. The van der Waals surface area contributed by atoms with Gasteiger partial charge in [-0.3, -0.25) is 4.79 Å². The number of para-hydroxylation sites is 2. The molecule has 0 spiro atoms. The van der Waals surface area contributed by atoms with Crippen LogP contribution in [0.5, 0.6) is 11.5 Å². The zero-order chi connectivity index (χ0) is 17.6. The van der Waals surface area contributed by atoms with E-state index in [2.05, 4.69) is 10.2 Å². The molecular weight excluding hydrogens is 323 g/mol. The third kappa shape index (κ3) is 4.21. The number of rotatable bonds is 6. The topological polar surface area (TPSA) is 50.8 Å². The molecule has 2 aromatic carbocycles. The van der Waals surface area contributed by atoms with Crippen molar-refractivity contribution in [3.05, 3.63) is 54.3 Å². The van der Waals surface area contributed by atoms with E-state index in [0.717, 1.165) is 18.7 Å². The van der Waals surface area contributed by atoms with Crippen molar-refractivity contribution < 1.29 is 18.7 Å². The van der Waals surface area contributed by atoms with Gasteiger partial charge in [-0.2, -0.15) is 0 Å². The Morgan fingerprint density at radius 3 is 2.80 bits per heavy atom. The molecule has 3 rings (SSSR count). The van der Waals surface area contributed by atoms with E-state index in [0.29, 0.717) is 24.7 Å². The van der Waals surface area contributed by atoms with E-state index in [1.807, 2.05) is 24.3 Å². The average Bonchev–Trinajstić information content (AvgIpc) is 2.65. The third-order valence-corrected chi connectivity index (χ3v) is 4.05. The van der Waals surface area contributed by atoms with Crippen LogP contribution >= 0.6 is 0 Å². The van der Waals surface area contributed by atoms with Crippen LogP contribution in [0.25, 0.3) is 0 Å². The number of nitrogens with one attached hydrogen (secondary N) is 1. The first kappa shape index (κ1) is 17.1. The molecule has 5 nitrogen and oxygen atoms in total. The predicted octanol–water partition coefficient (Wildman–Crippen LogP) is 2.61. The molecule has 1 heterocycles. The predicted molar refractivity (Wildman–Crippen MR) is 93.6 cm³/mol. The molecule has 0 unspecified atom stereocenters. The second kappa shape index (κ2) is 7.88. The van der Waals surface area contributed by atoms with Gasteiger partial charge < -0.3 is 19.7 Å². The van der Waals surface area contributed by atoms with Crippen LogP contribution in [0.2, 0.25) is 0 Å². The molecule has 1 amide bonds. The maximum absolute atomic E-state index is 12.9. The smallest absolute Gasteiger partial charge is 0.262 e. The van der Waals surface area contributed by atoms with Crippen molar-refractivity contribution in [2.45, 2.75) is 12.5 Å². The minimum absolute atomic E-state index is 0.137. The van der Waals surface area contributed by atoms with Crippen LogP contribution in [0.15, 0.2) is 48.5 Å². The summed E-state index contributed by atoms with van der Waals surface area (Å²) in [7, 11) is 1.60. The first-order chi connectivity index (χ1) is 12.2. The largest absolute Gasteiger partial charge is 0.494 e. The van der Waals surface area contributed by atoms with Gasteiger partial charge in [-0.25, -0.2) is 4.39 Å². The van der Waals surface area contributed by atoms with Crippen LogP contribution in [0, 0.1) is 5.82 Å². The maximum atomic E-state index is 12.9. The zero-order valence-electron chi connectivity index (χ0n) is 14.1. The van der Waals surface area contributed by atoms with Crippen molar-refractivity contribution in [1.82, 2.24) is 5.32 Å². The van der Waals surface area contributed by atoms with Gasteiger partial charge in [0.2, 0.25) is 0 Å². The number of carbonyl (C=O) groups is 1. The molecule has 1 aliphatic rings. The summed E-state index contributed by atoms with van der Waals surface area (Å²) in [5.74, 6) is 0.938. The second-order valence-corrected chi connectivity index (χ2v) is 5.79. The van der Waals surface area contributed by atoms with Crippen LogP contribution in [-0.2, 0) is 4.79 Å². The molecule has 2 aromatic rings. The zero-order valence-corrected chi connectivity index (χ0v) is 14.1. The molecule has 1 N–H and O–H groups in total. The fourth-order valence-electron chi connectivity index (χ4n) is 2.79. The summed E-state index contributed by atoms with van der Waals surface area (Å²) in [5, 5.41) is 2.63. The minimum Gasteiger partial charge on any atom is -0.494 e. The van der Waals surface area contributed by atoms with E-state index in [1.54, 1.807) is 19.2 Å². The summed E-state index contributed by atoms with van der Waals surface area (Å²) < 4.78 is 24.3. The van der Waals surface area contributed by atoms with Gasteiger partial charge >= 0.3 is 0 Å². The molecule has 0 radical (unpaired) electrons. The van der Waals surface area contributed by atoms with Gasteiger partial charge in [0.15, 0.2) is 6.10 Å². The number of benzene rings is 2. The lowest BCUT2D eigenvalue weighted by atomic mass is 10.1. The van der Waals surface area contributed by atoms with Crippen LogP contribution < -0.4 is 19.7 Å². The summed E-state index contributed by atoms with van der Waals surface area (Å²) in [6.45, 7) is 1.73. The van der Waals surface area contributed by atoms with E-state index >= 15 is 0 Å². The van der Waals surface area contributed by atoms with Gasteiger partial charge in [-0.15, -0.1) is 0 Å². The van der Waals surface area contributed by atoms with E-state index in [9.17, 15) is 9.18 Å². The Balaban J connectivity index is 1.58. The normalized spacial score (nSPS) is 15.9. The Kier molecular flexibility index (Phi) is 5.38. The Morgan fingerprint density at radius 2 is 2.04 bits per heavy atom. The van der Waals surface area contributed by atoms with Crippen LogP contribution in [0.3, 0.4) is 0 Å². The standard InChI is InChI=1S/C19H21FN2O3/c1-21-19(23)18-13-22(16-5-2-3-6-17(16)25-18)11-4-12-24-15-9-7-14(20)8-10-15/h2-3,5-10,18H,4,11-13H2,1H3,(H,21,23)/t18-/m1/s1. The van der Waals surface area contributed by atoms with Crippen LogP contribution in [0.1, 0.15) is 6.42 Å². The molecule has 0 aromatic heterocycles. The monoisotopic (exact) mass is 344 g/mol. The summed E-state index contributed by atoms with van der Waals surface area (Å²) in [4.78, 5) is 14.1. The second-order valence-electron chi connectivity index (χ2n) is 5.79. The lowest BCUT2D eigenvalue weighted by molar-refractivity contribution is -0.127. The first-order valence-electron chi connectivity index (χ1n) is 8.28. The molecule has 1 atom stereocenters. The molecule has 0 saturated carbocycles. The summed E-state index contributed by atoms with van der Waals surface area (Å²) in [5.41, 5.74) is 0.976. The highest BCUT2D eigenvalue weighted by Crippen LogP contribution is 2.33. The van der Waals surface area contributed by atoms with Crippen molar-refractivity contribution in [1.29, 1.82) is 0 Å². The van der Waals surface area contributed by atoms with Gasteiger partial charge in [-0.05, 0) is 42.8 Å². The average molecular weight is 344 g/mol. The number of anilines is 1. The highest BCUT2D eigenvalue weighted by Gasteiger charge is 2.29. The van der Waals surface area contributed by atoms with Crippen molar-refractivity contribution >= 4 is 11.6 Å². The summed E-state index contributed by atoms with van der Waals surface area (Å²) in [6.07, 6.45) is 0.240. The summed E-state index contributed by atoms with van der Waals surface area (Å²) in [6, 6.07) is 13.7. The van der Waals surface area contributed by atoms with Crippen molar-refractivity contribution in [3.63, 3.8) is 0 Å². The number of carbonyl (C=O) groups excluding carboxylic acids is 1. The number of nitrogens with zero attached hydrogens (tertiary/aromatic N) is 1. The fourth-order valence-corrected chi connectivity index (χ4v) is 2.79. The van der Waals surface area contributed by atoms with E-state index in [1.165, 1.54) is 12.1 Å². The number of likely N-dealkylation sites (N-methyl/N-ethyl adjacent to an activating group) is 1. The number of fused-ring (bicyclic) bond motifs is 1. The number of hydrogen-bond donors (Lipinski definition) is 1. The molecule has 1 aliphatic heterocycles. The number of ether oxygens (including phenoxy) is 2. The lowest BCUT2D eigenvalue weighted by Crippen LogP contribution is -2.48. The van der Waals surface area contributed by atoms with Crippen LogP contribution in [-0.4, -0.2) is 38.8 Å². The summed E-state index contributed by atoms with van der Waals surface area (Å²) >= 11 is 0. The molecule has 6 heteroatoms. The van der Waals surface area contributed by atoms with Crippen molar-refractivity contribution in [2.24, 2.45) is 0 Å². The van der Waals surface area contributed by atoms with E-state index in [-0.39, 0.29) is 11.7 Å². The quantitative estimate of drug-likeness (QED) is 0.819. The number of amides is 1. The molecular formula is C19H21FN2O3. The van der Waals surface area contributed by atoms with Gasteiger partial charge in [0.25, 0.3) is 5.91 Å². The van der Waals surface area contributed by atoms with E-state index in [4.69, 9.17) is 9.47 Å². The molecule has 25 heavy (non-hydrogen) atoms. The Hall–Kier alpha value is -2.76. The number of hydrogen-bond acceptors (Lipinski definition) is 4. The molecule has 0 fully saturated rings. The SMILES string of the molecule is CNC(=O)[C@H]1CN(CCCOc2ccc(F)cc2)c2ccccc2O1. The minimum atomic E-state index is -0.530. The molecule has 0 bridgehead atoms. The van der Waals surface area contributed by atoms with Gasteiger partial charge in [0.05, 0.1) is 18.8 Å². The maximum Gasteiger partial charge on any atom is 0.262 e. The highest BCUT2D eigenvalue weighted by atomic mass is 19.1. The molecule has 0 saturated heterocycles. The van der Waals surface area contributed by atoms with E-state index < -0.39 is 6.10 Å². The lowest BCUT2D eigenvalue weighted by Gasteiger charge is -2.35. The Labute approximate surface area is 146 Å². The van der Waals surface area contributed by atoms with Gasteiger partial charge in [0.1, 0.15) is 17.3 Å². The van der Waals surface area contributed by atoms with Crippen molar-refractivity contribution in [2.75, 3.05) is 31.6 Å². The molecule has 132 valence electrons. The van der Waals surface area contributed by atoms with Gasteiger partial charge in [0, 0.05) is 13.6 Å². The fraction of sp³-hybridized carbons (Fsp3) is 0.316. The number of halogens is 1. The van der Waals surface area contributed by atoms with Gasteiger partial charge in [-0.1, -0.05) is 12.1 Å². The Bertz CT molecular complexity index is 721. The van der Waals surface area contributed by atoms with Crippen LogP contribution in [0.4, 0.5) is 10.1 Å². The first-order valence-corrected chi connectivity index (χ1v) is 8.28. The molecule has 0 aliphatic carbocycles. The Morgan fingerprint density at radius 1 is 1.28 bits per heavy atom. The van der Waals surface area contributed by atoms with Crippen molar-refractivity contribution in [3.8, 4) is 11.5 Å². The third-order valence-electron chi connectivity index (χ3n) is 4.05.